The summed E-state index contributed by atoms with van der Waals surface area (Å²) in [5, 5.41) is 26.3. The van der Waals surface area contributed by atoms with Crippen molar-refractivity contribution in [1.82, 2.24) is 15.2 Å². The third-order valence-corrected chi connectivity index (χ3v) is 4.04. The predicted molar refractivity (Wildman–Crippen MR) is 82.9 cm³/mol. The summed E-state index contributed by atoms with van der Waals surface area (Å²) >= 11 is 12.4. The number of rotatable bonds is 4. The molecule has 112 valence electrons. The first-order chi connectivity index (χ1) is 10.7. The van der Waals surface area contributed by atoms with Crippen LogP contribution in [0.1, 0.15) is 5.69 Å². The number of aromatic amines is 2. The van der Waals surface area contributed by atoms with Gasteiger partial charge in [0.1, 0.15) is 11.8 Å². The van der Waals surface area contributed by atoms with Crippen LogP contribution in [0, 0.1) is 11.3 Å². The molecule has 0 aliphatic rings. The third kappa shape index (κ3) is 2.29. The van der Waals surface area contributed by atoms with E-state index in [4.69, 9.17) is 33.2 Å². The van der Waals surface area contributed by atoms with Gasteiger partial charge in [0.2, 0.25) is 0 Å². The smallest absolute Gasteiger partial charge is 0.174 e. The maximum absolute atomic E-state index is 9.61. The predicted octanol–water partition coefficient (Wildman–Crippen LogP) is 3.26. The number of aliphatic hydroxyl groups is 1. The Kier molecular flexibility index (Phi) is 3.94. The molecule has 0 atom stereocenters. The molecule has 0 amide bonds. The summed E-state index contributed by atoms with van der Waals surface area (Å²) < 4.78 is 5.46. The van der Waals surface area contributed by atoms with Gasteiger partial charge in [-0.25, -0.2) is 0 Å². The molecule has 3 N–H and O–H groups in total. The van der Waals surface area contributed by atoms with E-state index in [1.54, 1.807) is 18.5 Å². The molecule has 0 spiro atoms. The van der Waals surface area contributed by atoms with E-state index in [-0.39, 0.29) is 13.2 Å². The molecule has 3 rings (SSSR count). The van der Waals surface area contributed by atoms with Crippen LogP contribution in [-0.2, 0) is 6.61 Å². The topological polar surface area (TPSA) is 97.7 Å². The molecule has 0 saturated carbocycles. The standard InChI is InChI=1S/C14H10Cl2N4O2/c15-8-3-10(22-2-1-17)12-11(7-4-18-19-5-7)9(6-21)20-14(12)13(8)16/h3-5,20-21H,2,6H2,(H,18,19). The molecule has 0 unspecified atom stereocenters. The minimum absolute atomic E-state index is 0.127. The number of aromatic nitrogens is 3. The van der Waals surface area contributed by atoms with Gasteiger partial charge >= 0.3 is 0 Å². The van der Waals surface area contributed by atoms with E-state index < -0.39 is 0 Å². The first-order valence-electron chi connectivity index (χ1n) is 6.29. The summed E-state index contributed by atoms with van der Waals surface area (Å²) in [6, 6.07) is 3.47. The Labute approximate surface area is 135 Å². The van der Waals surface area contributed by atoms with Crippen molar-refractivity contribution in [3.8, 4) is 22.9 Å². The second kappa shape index (κ2) is 5.89. The molecule has 2 heterocycles. The molecule has 6 nitrogen and oxygen atoms in total. The molecule has 0 bridgehead atoms. The first-order valence-corrected chi connectivity index (χ1v) is 7.05. The van der Waals surface area contributed by atoms with Crippen molar-refractivity contribution in [3.05, 3.63) is 34.2 Å². The third-order valence-electron chi connectivity index (χ3n) is 3.25. The molecule has 8 heteroatoms. The lowest BCUT2D eigenvalue weighted by Crippen LogP contribution is -1.95. The zero-order chi connectivity index (χ0) is 15.7. The van der Waals surface area contributed by atoms with Crippen LogP contribution in [0.3, 0.4) is 0 Å². The molecule has 22 heavy (non-hydrogen) atoms. The highest BCUT2D eigenvalue weighted by Crippen LogP contribution is 2.44. The van der Waals surface area contributed by atoms with E-state index in [2.05, 4.69) is 15.2 Å². The highest BCUT2D eigenvalue weighted by Gasteiger charge is 2.21. The number of nitrogens with zero attached hydrogens (tertiary/aromatic N) is 2. The summed E-state index contributed by atoms with van der Waals surface area (Å²) in [4.78, 5) is 3.06. The van der Waals surface area contributed by atoms with Crippen LogP contribution in [0.25, 0.3) is 22.0 Å². The van der Waals surface area contributed by atoms with Crippen molar-refractivity contribution < 1.29 is 9.84 Å². The molecular formula is C14H10Cl2N4O2. The van der Waals surface area contributed by atoms with E-state index in [0.717, 1.165) is 5.56 Å². The van der Waals surface area contributed by atoms with Gasteiger partial charge in [-0.15, -0.1) is 0 Å². The van der Waals surface area contributed by atoms with E-state index in [9.17, 15) is 5.11 Å². The second-order valence-corrected chi connectivity index (χ2v) is 5.28. The molecule has 0 fully saturated rings. The quantitative estimate of drug-likeness (QED) is 0.681. The molecule has 0 radical (unpaired) electrons. The fourth-order valence-electron chi connectivity index (χ4n) is 2.38. The Bertz CT molecular complexity index is 865. The molecule has 0 saturated heterocycles. The Morgan fingerprint density at radius 1 is 1.41 bits per heavy atom. The average Bonchev–Trinajstić information content (AvgIpc) is 3.15. The Morgan fingerprint density at radius 3 is 2.86 bits per heavy atom. The first kappa shape index (κ1) is 14.7. The van der Waals surface area contributed by atoms with Crippen LogP contribution in [0.15, 0.2) is 18.5 Å². The van der Waals surface area contributed by atoms with E-state index in [1.165, 1.54) is 0 Å². The van der Waals surface area contributed by atoms with Gasteiger partial charge in [0.05, 0.1) is 33.8 Å². The fraction of sp³-hybridized carbons (Fsp3) is 0.143. The van der Waals surface area contributed by atoms with Gasteiger partial charge in [0.25, 0.3) is 0 Å². The van der Waals surface area contributed by atoms with Gasteiger partial charge in [0.15, 0.2) is 6.61 Å². The summed E-state index contributed by atoms with van der Waals surface area (Å²) in [6.45, 7) is -0.349. The van der Waals surface area contributed by atoms with Crippen LogP contribution < -0.4 is 4.74 Å². The van der Waals surface area contributed by atoms with E-state index in [0.29, 0.717) is 38.0 Å². The summed E-state index contributed by atoms with van der Waals surface area (Å²) in [7, 11) is 0. The number of benzene rings is 1. The van der Waals surface area contributed by atoms with Crippen LogP contribution in [-0.4, -0.2) is 26.9 Å². The van der Waals surface area contributed by atoms with Crippen molar-refractivity contribution in [1.29, 1.82) is 5.26 Å². The molecule has 1 aromatic carbocycles. The van der Waals surface area contributed by atoms with Crippen molar-refractivity contribution in [3.63, 3.8) is 0 Å². The van der Waals surface area contributed by atoms with E-state index in [1.807, 2.05) is 6.07 Å². The number of H-pyrrole nitrogens is 2. The number of nitriles is 1. The van der Waals surface area contributed by atoms with Gasteiger partial charge in [-0.2, -0.15) is 10.4 Å². The molecular weight excluding hydrogens is 327 g/mol. The Morgan fingerprint density at radius 2 is 2.23 bits per heavy atom. The normalized spacial score (nSPS) is 10.8. The zero-order valence-corrected chi connectivity index (χ0v) is 12.7. The maximum Gasteiger partial charge on any atom is 0.174 e. The lowest BCUT2D eigenvalue weighted by atomic mass is 10.0. The largest absolute Gasteiger partial charge is 0.478 e. The number of nitrogens with one attached hydrogen (secondary N) is 2. The van der Waals surface area contributed by atoms with Crippen molar-refractivity contribution in [2.75, 3.05) is 6.61 Å². The van der Waals surface area contributed by atoms with Crippen LogP contribution in [0.4, 0.5) is 0 Å². The number of ether oxygens (including phenoxy) is 1. The van der Waals surface area contributed by atoms with Gasteiger partial charge in [-0.05, 0) is 0 Å². The Hall–Kier alpha value is -2.20. The highest BCUT2D eigenvalue weighted by molar-refractivity contribution is 6.45. The molecule has 2 aromatic heterocycles. The van der Waals surface area contributed by atoms with Crippen molar-refractivity contribution in [2.45, 2.75) is 6.61 Å². The van der Waals surface area contributed by atoms with E-state index >= 15 is 0 Å². The lowest BCUT2D eigenvalue weighted by molar-refractivity contribution is 0.278. The fourth-order valence-corrected chi connectivity index (χ4v) is 2.77. The van der Waals surface area contributed by atoms with Gasteiger partial charge in [-0.1, -0.05) is 23.2 Å². The van der Waals surface area contributed by atoms with Crippen LogP contribution >= 0.6 is 23.2 Å². The number of hydrogen-bond donors (Lipinski definition) is 3. The summed E-state index contributed by atoms with van der Waals surface area (Å²) in [5.41, 5.74) is 2.57. The maximum atomic E-state index is 9.61. The molecule has 0 aliphatic heterocycles. The summed E-state index contributed by atoms with van der Waals surface area (Å²) in [5.74, 6) is 0.415. The average molecular weight is 337 g/mol. The van der Waals surface area contributed by atoms with Crippen LogP contribution in [0.2, 0.25) is 10.0 Å². The Balaban J connectivity index is 2.37. The van der Waals surface area contributed by atoms with Gasteiger partial charge in [0, 0.05) is 29.1 Å². The lowest BCUT2D eigenvalue weighted by Gasteiger charge is -2.08. The molecule has 0 aliphatic carbocycles. The second-order valence-electron chi connectivity index (χ2n) is 4.49. The van der Waals surface area contributed by atoms with Gasteiger partial charge in [-0.3, -0.25) is 5.10 Å². The number of fused-ring (bicyclic) bond motifs is 1. The van der Waals surface area contributed by atoms with Crippen molar-refractivity contribution in [2.24, 2.45) is 0 Å². The summed E-state index contributed by atoms with van der Waals surface area (Å²) in [6.07, 6.45) is 3.32. The SMILES string of the molecule is N#CCOc1cc(Cl)c(Cl)c2[nH]c(CO)c(-c3cn[nH]c3)c12. The van der Waals surface area contributed by atoms with Crippen LogP contribution in [0.5, 0.6) is 5.75 Å². The monoisotopic (exact) mass is 336 g/mol. The van der Waals surface area contributed by atoms with Gasteiger partial charge < -0.3 is 14.8 Å². The minimum Gasteiger partial charge on any atom is -0.478 e. The number of hydrogen-bond acceptors (Lipinski definition) is 4. The highest BCUT2D eigenvalue weighted by atomic mass is 35.5. The number of aliphatic hydroxyl groups excluding tert-OH is 1. The zero-order valence-electron chi connectivity index (χ0n) is 11.2. The number of halogens is 2. The minimum atomic E-state index is -0.221. The molecule has 3 aromatic rings. The van der Waals surface area contributed by atoms with Crippen molar-refractivity contribution >= 4 is 34.1 Å².